The summed E-state index contributed by atoms with van der Waals surface area (Å²) in [5, 5.41) is 0. The maximum atomic E-state index is 13.4. The number of ketones is 1. The second-order valence-corrected chi connectivity index (χ2v) is 6.73. The first-order chi connectivity index (χ1) is 14.0. The lowest BCUT2D eigenvalue weighted by Gasteiger charge is -2.30. The zero-order valence-corrected chi connectivity index (χ0v) is 16.6. The minimum absolute atomic E-state index is 0.180. The Labute approximate surface area is 169 Å². The van der Waals surface area contributed by atoms with Crippen molar-refractivity contribution >= 4 is 17.3 Å². The molecule has 0 saturated heterocycles. The number of ether oxygens (including phenoxy) is 3. The lowest BCUT2D eigenvalue weighted by Crippen LogP contribution is -2.34. The fraction of sp³-hybridized carbons (Fsp3) is 0.304. The van der Waals surface area contributed by atoms with Gasteiger partial charge in [-0.25, -0.2) is 4.39 Å². The monoisotopic (exact) mass is 398 g/mol. The number of carbonyl (C=O) groups excluding carboxylic acids is 2. The number of carbonyl (C=O) groups is 2. The maximum absolute atomic E-state index is 13.4. The summed E-state index contributed by atoms with van der Waals surface area (Å²) < 4.78 is 29.3. The first-order valence-corrected chi connectivity index (χ1v) is 9.37. The number of allylic oxidation sites excluding steroid dienone is 2. The lowest BCUT2D eigenvalue weighted by molar-refractivity contribution is -0.151. The zero-order chi connectivity index (χ0) is 21.0. The van der Waals surface area contributed by atoms with Gasteiger partial charge in [0.05, 0.1) is 20.8 Å². The molecule has 1 aliphatic rings. The highest BCUT2D eigenvalue weighted by molar-refractivity contribution is 6.11. The Hall–Kier alpha value is -3.15. The van der Waals surface area contributed by atoms with Crippen molar-refractivity contribution in [3.63, 3.8) is 0 Å². The van der Waals surface area contributed by atoms with E-state index in [2.05, 4.69) is 0 Å². The van der Waals surface area contributed by atoms with Crippen LogP contribution in [-0.2, 0) is 14.3 Å². The van der Waals surface area contributed by atoms with Crippen molar-refractivity contribution in [3.8, 4) is 11.5 Å². The molecule has 0 amide bonds. The van der Waals surface area contributed by atoms with Crippen molar-refractivity contribution in [2.75, 3.05) is 20.8 Å². The van der Waals surface area contributed by atoms with E-state index in [1.54, 1.807) is 51.5 Å². The Bertz CT molecular complexity index is 933. The fourth-order valence-corrected chi connectivity index (χ4v) is 3.66. The van der Waals surface area contributed by atoms with E-state index in [-0.39, 0.29) is 18.2 Å². The summed E-state index contributed by atoms with van der Waals surface area (Å²) in [6.45, 7) is 1.87. The molecule has 5 nitrogen and oxygen atoms in total. The Morgan fingerprint density at radius 1 is 1.10 bits per heavy atom. The van der Waals surface area contributed by atoms with Crippen LogP contribution in [0.2, 0.25) is 0 Å². The second kappa shape index (κ2) is 8.90. The average Bonchev–Trinajstić information content (AvgIpc) is 2.73. The minimum Gasteiger partial charge on any atom is -0.497 e. The van der Waals surface area contributed by atoms with Crippen LogP contribution in [-0.4, -0.2) is 32.6 Å². The third-order valence-corrected chi connectivity index (χ3v) is 5.06. The standard InChI is InChI=1S/C23H23FO5/c1-4-29-23(26)22-19(14-5-7-16(24)8-6-14)11-15(12-20(22)25)18-13-17(27-2)9-10-21(18)28-3/h5-10,12-13,19,22H,4,11H2,1-3H3/t19-,22+/m1/s1. The summed E-state index contributed by atoms with van der Waals surface area (Å²) in [5.74, 6) is -1.52. The largest absolute Gasteiger partial charge is 0.497 e. The molecule has 0 aliphatic heterocycles. The third-order valence-electron chi connectivity index (χ3n) is 5.06. The van der Waals surface area contributed by atoms with E-state index in [4.69, 9.17) is 14.2 Å². The molecule has 29 heavy (non-hydrogen) atoms. The Kier molecular flexibility index (Phi) is 6.32. The van der Waals surface area contributed by atoms with Gasteiger partial charge in [-0.2, -0.15) is 0 Å². The van der Waals surface area contributed by atoms with Crippen molar-refractivity contribution in [1.82, 2.24) is 0 Å². The summed E-state index contributed by atoms with van der Waals surface area (Å²) in [5.41, 5.74) is 2.14. The number of esters is 1. The normalized spacial score (nSPS) is 18.8. The summed E-state index contributed by atoms with van der Waals surface area (Å²) in [4.78, 5) is 25.5. The Morgan fingerprint density at radius 2 is 1.83 bits per heavy atom. The number of halogens is 1. The Morgan fingerprint density at radius 3 is 2.45 bits per heavy atom. The first kappa shape index (κ1) is 20.6. The van der Waals surface area contributed by atoms with E-state index in [9.17, 15) is 14.0 Å². The van der Waals surface area contributed by atoms with Crippen LogP contribution in [0.1, 0.15) is 30.4 Å². The SMILES string of the molecule is CCOC(=O)[C@@H]1C(=O)C=C(c2cc(OC)ccc2OC)C[C@@H]1c1ccc(F)cc1. The van der Waals surface area contributed by atoms with Gasteiger partial charge in [0.1, 0.15) is 23.2 Å². The number of methoxy groups -OCH3 is 2. The van der Waals surface area contributed by atoms with E-state index in [0.29, 0.717) is 23.5 Å². The summed E-state index contributed by atoms with van der Waals surface area (Å²) >= 11 is 0. The van der Waals surface area contributed by atoms with Crippen LogP contribution in [0.25, 0.3) is 5.57 Å². The minimum atomic E-state index is -0.972. The summed E-state index contributed by atoms with van der Waals surface area (Å²) in [6.07, 6.45) is 1.86. The van der Waals surface area contributed by atoms with Crippen molar-refractivity contribution < 1.29 is 28.2 Å². The maximum Gasteiger partial charge on any atom is 0.317 e. The summed E-state index contributed by atoms with van der Waals surface area (Å²) in [6, 6.07) is 11.2. The first-order valence-electron chi connectivity index (χ1n) is 9.37. The molecule has 0 saturated carbocycles. The molecular formula is C23H23FO5. The van der Waals surface area contributed by atoms with E-state index in [1.807, 2.05) is 0 Å². The van der Waals surface area contributed by atoms with Crippen LogP contribution in [0.15, 0.2) is 48.5 Å². The van der Waals surface area contributed by atoms with Gasteiger partial charge < -0.3 is 14.2 Å². The van der Waals surface area contributed by atoms with Crippen LogP contribution >= 0.6 is 0 Å². The van der Waals surface area contributed by atoms with Gasteiger partial charge in [0.2, 0.25) is 0 Å². The average molecular weight is 398 g/mol. The molecule has 0 bridgehead atoms. The Balaban J connectivity index is 2.08. The van der Waals surface area contributed by atoms with Gasteiger partial charge in [0, 0.05) is 11.5 Å². The zero-order valence-electron chi connectivity index (χ0n) is 16.6. The van der Waals surface area contributed by atoms with Crippen molar-refractivity contribution in [2.24, 2.45) is 5.92 Å². The van der Waals surface area contributed by atoms with Crippen LogP contribution in [0.3, 0.4) is 0 Å². The van der Waals surface area contributed by atoms with E-state index in [1.165, 1.54) is 18.2 Å². The molecule has 1 aliphatic carbocycles. The molecule has 152 valence electrons. The van der Waals surface area contributed by atoms with Crippen LogP contribution < -0.4 is 9.47 Å². The van der Waals surface area contributed by atoms with Gasteiger partial charge in [0.25, 0.3) is 0 Å². The quantitative estimate of drug-likeness (QED) is 0.540. The molecule has 6 heteroatoms. The molecule has 2 atom stereocenters. The van der Waals surface area contributed by atoms with Gasteiger partial charge in [-0.05, 0) is 60.9 Å². The smallest absolute Gasteiger partial charge is 0.317 e. The highest BCUT2D eigenvalue weighted by Gasteiger charge is 2.40. The van der Waals surface area contributed by atoms with Crippen LogP contribution in [0, 0.1) is 11.7 Å². The molecule has 2 aromatic carbocycles. The highest BCUT2D eigenvalue weighted by Crippen LogP contribution is 2.43. The van der Waals surface area contributed by atoms with E-state index < -0.39 is 17.8 Å². The fourth-order valence-electron chi connectivity index (χ4n) is 3.66. The van der Waals surface area contributed by atoms with Crippen LogP contribution in [0.4, 0.5) is 4.39 Å². The molecule has 3 rings (SSSR count). The van der Waals surface area contributed by atoms with Crippen LogP contribution in [0.5, 0.6) is 11.5 Å². The molecule has 0 spiro atoms. The predicted octanol–water partition coefficient (Wildman–Crippen LogP) is 4.16. The topological polar surface area (TPSA) is 61.8 Å². The number of hydrogen-bond donors (Lipinski definition) is 0. The molecule has 0 heterocycles. The molecule has 0 aromatic heterocycles. The second-order valence-electron chi connectivity index (χ2n) is 6.73. The van der Waals surface area contributed by atoms with Gasteiger partial charge in [0.15, 0.2) is 5.78 Å². The molecule has 2 aromatic rings. The van der Waals surface area contributed by atoms with E-state index >= 15 is 0 Å². The summed E-state index contributed by atoms with van der Waals surface area (Å²) in [7, 11) is 3.11. The number of benzene rings is 2. The highest BCUT2D eigenvalue weighted by atomic mass is 19.1. The van der Waals surface area contributed by atoms with Crippen molar-refractivity contribution in [1.29, 1.82) is 0 Å². The predicted molar refractivity (Wildman–Crippen MR) is 106 cm³/mol. The lowest BCUT2D eigenvalue weighted by atomic mass is 9.73. The van der Waals surface area contributed by atoms with Gasteiger partial charge in [-0.15, -0.1) is 0 Å². The molecule has 0 fully saturated rings. The molecule has 0 N–H and O–H groups in total. The van der Waals surface area contributed by atoms with Gasteiger partial charge >= 0.3 is 5.97 Å². The van der Waals surface area contributed by atoms with Gasteiger partial charge in [-0.3, -0.25) is 9.59 Å². The van der Waals surface area contributed by atoms with Crippen molar-refractivity contribution in [2.45, 2.75) is 19.3 Å². The van der Waals surface area contributed by atoms with Gasteiger partial charge in [-0.1, -0.05) is 12.1 Å². The molecule has 0 radical (unpaired) electrons. The third kappa shape index (κ3) is 4.31. The van der Waals surface area contributed by atoms with E-state index in [0.717, 1.165) is 11.1 Å². The molecular weight excluding hydrogens is 375 g/mol. The molecule has 0 unspecified atom stereocenters. The number of hydrogen-bond acceptors (Lipinski definition) is 5. The number of rotatable bonds is 6. The van der Waals surface area contributed by atoms with Crippen molar-refractivity contribution in [3.05, 3.63) is 65.5 Å².